The third-order valence-electron chi connectivity index (χ3n) is 3.09. The van der Waals surface area contributed by atoms with Crippen LogP contribution < -0.4 is 0 Å². The molecule has 0 radical (unpaired) electrons. The third kappa shape index (κ3) is 4.38. The van der Waals surface area contributed by atoms with Crippen molar-refractivity contribution in [2.45, 2.75) is 20.0 Å². The molecule has 0 spiro atoms. The molecule has 0 aliphatic heterocycles. The van der Waals surface area contributed by atoms with Crippen LogP contribution >= 0.6 is 0 Å². The Morgan fingerprint density at radius 3 is 2.00 bits per heavy atom. The maximum absolute atomic E-state index is 2.33. The summed E-state index contributed by atoms with van der Waals surface area (Å²) in [5.74, 6) is 0. The second-order valence-electron chi connectivity index (χ2n) is 4.90. The smallest absolute Gasteiger partial charge is 0.0234 e. The maximum atomic E-state index is 2.33. The number of allylic oxidation sites excluding steroid dienone is 1. The van der Waals surface area contributed by atoms with Crippen molar-refractivity contribution in [1.29, 1.82) is 0 Å². The Balaban J connectivity index is 1.93. The number of hydrogen-bond acceptors (Lipinski definition) is 1. The molecule has 0 saturated carbocycles. The predicted octanol–water partition coefficient (Wildman–Crippen LogP) is 4.35. The van der Waals surface area contributed by atoms with Gasteiger partial charge in [0.1, 0.15) is 0 Å². The van der Waals surface area contributed by atoms with Crippen molar-refractivity contribution in [1.82, 2.24) is 4.90 Å². The van der Waals surface area contributed by atoms with E-state index >= 15 is 0 Å². The summed E-state index contributed by atoms with van der Waals surface area (Å²) in [6, 6.07) is 19.3. The van der Waals surface area contributed by atoms with Crippen molar-refractivity contribution in [3.8, 4) is 0 Å². The van der Waals surface area contributed by atoms with E-state index in [0.717, 1.165) is 13.1 Å². The van der Waals surface area contributed by atoms with Gasteiger partial charge in [0.2, 0.25) is 0 Å². The lowest BCUT2D eigenvalue weighted by molar-refractivity contribution is 0.319. The number of rotatable bonds is 5. The molecule has 0 atom stereocenters. The standard InChI is InChI=1S/C18H21N/c1-3-7-16-10-12-18(13-11-16)15-19(2)14-17-8-5-4-6-9-17/h3-13H,14-15H2,1-2H3. The predicted molar refractivity (Wildman–Crippen MR) is 82.8 cm³/mol. The number of nitrogens with zero attached hydrogens (tertiary/aromatic N) is 1. The van der Waals surface area contributed by atoms with E-state index in [4.69, 9.17) is 0 Å². The average Bonchev–Trinajstić information content (AvgIpc) is 2.42. The van der Waals surface area contributed by atoms with Gasteiger partial charge in [-0.2, -0.15) is 0 Å². The molecule has 1 nitrogen and oxygen atoms in total. The summed E-state index contributed by atoms with van der Waals surface area (Å²) in [5.41, 5.74) is 3.97. The first-order chi connectivity index (χ1) is 9.28. The van der Waals surface area contributed by atoms with Crippen LogP contribution in [0.15, 0.2) is 60.7 Å². The van der Waals surface area contributed by atoms with Gasteiger partial charge in [-0.3, -0.25) is 4.90 Å². The molecule has 2 aromatic carbocycles. The van der Waals surface area contributed by atoms with Crippen LogP contribution in [0.5, 0.6) is 0 Å². The van der Waals surface area contributed by atoms with E-state index in [9.17, 15) is 0 Å². The van der Waals surface area contributed by atoms with Crippen LogP contribution in [0.2, 0.25) is 0 Å². The van der Waals surface area contributed by atoms with E-state index in [-0.39, 0.29) is 0 Å². The Labute approximate surface area is 116 Å². The molecule has 2 rings (SSSR count). The summed E-state index contributed by atoms with van der Waals surface area (Å²) in [5, 5.41) is 0. The molecule has 0 aliphatic carbocycles. The summed E-state index contributed by atoms with van der Waals surface area (Å²) in [7, 11) is 2.16. The second-order valence-corrected chi connectivity index (χ2v) is 4.90. The Kier molecular flexibility index (Phi) is 4.93. The lowest BCUT2D eigenvalue weighted by Gasteiger charge is -2.16. The van der Waals surface area contributed by atoms with Gasteiger partial charge >= 0.3 is 0 Å². The van der Waals surface area contributed by atoms with Crippen LogP contribution in [0, 0.1) is 0 Å². The zero-order valence-corrected chi connectivity index (χ0v) is 11.7. The van der Waals surface area contributed by atoms with Crippen LogP contribution in [0.1, 0.15) is 23.6 Å². The minimum Gasteiger partial charge on any atom is -0.298 e. The van der Waals surface area contributed by atoms with E-state index in [1.54, 1.807) is 0 Å². The van der Waals surface area contributed by atoms with Crippen molar-refractivity contribution in [3.05, 3.63) is 77.4 Å². The molecule has 0 aromatic heterocycles. The Hall–Kier alpha value is -1.86. The molecule has 0 saturated heterocycles. The van der Waals surface area contributed by atoms with Gasteiger partial charge in [-0.25, -0.2) is 0 Å². The van der Waals surface area contributed by atoms with Gasteiger partial charge in [-0.05, 0) is 30.7 Å². The minimum atomic E-state index is 0.977. The number of hydrogen-bond donors (Lipinski definition) is 0. The van der Waals surface area contributed by atoms with Gasteiger partial charge in [0.15, 0.2) is 0 Å². The van der Waals surface area contributed by atoms with Crippen molar-refractivity contribution in [3.63, 3.8) is 0 Å². The van der Waals surface area contributed by atoms with Crippen molar-refractivity contribution >= 4 is 6.08 Å². The first kappa shape index (κ1) is 13.6. The Bertz CT molecular complexity index is 511. The van der Waals surface area contributed by atoms with Gasteiger partial charge in [0.05, 0.1) is 0 Å². The molecule has 1 heteroatoms. The van der Waals surface area contributed by atoms with Gasteiger partial charge < -0.3 is 0 Å². The van der Waals surface area contributed by atoms with E-state index < -0.39 is 0 Å². The van der Waals surface area contributed by atoms with Crippen LogP contribution in [-0.4, -0.2) is 11.9 Å². The van der Waals surface area contributed by atoms with E-state index in [1.807, 2.05) is 6.92 Å². The highest BCUT2D eigenvalue weighted by molar-refractivity contribution is 5.49. The van der Waals surface area contributed by atoms with Crippen LogP contribution in [-0.2, 0) is 13.1 Å². The summed E-state index contributed by atoms with van der Waals surface area (Å²) in [6.45, 7) is 4.00. The lowest BCUT2D eigenvalue weighted by atomic mass is 10.1. The molecule has 2 aromatic rings. The van der Waals surface area contributed by atoms with Crippen molar-refractivity contribution in [2.75, 3.05) is 7.05 Å². The van der Waals surface area contributed by atoms with Gasteiger partial charge in [-0.15, -0.1) is 0 Å². The Morgan fingerprint density at radius 2 is 1.42 bits per heavy atom. The minimum absolute atomic E-state index is 0.977. The Morgan fingerprint density at radius 1 is 0.842 bits per heavy atom. The van der Waals surface area contributed by atoms with Crippen molar-refractivity contribution in [2.24, 2.45) is 0 Å². The van der Waals surface area contributed by atoms with Gasteiger partial charge in [0, 0.05) is 13.1 Å². The monoisotopic (exact) mass is 251 g/mol. The van der Waals surface area contributed by atoms with Crippen molar-refractivity contribution < 1.29 is 0 Å². The van der Waals surface area contributed by atoms with Gasteiger partial charge in [-0.1, -0.05) is 66.7 Å². The van der Waals surface area contributed by atoms with Gasteiger partial charge in [0.25, 0.3) is 0 Å². The number of benzene rings is 2. The molecule has 0 N–H and O–H groups in total. The fraction of sp³-hybridized carbons (Fsp3) is 0.222. The molecular weight excluding hydrogens is 230 g/mol. The topological polar surface area (TPSA) is 3.24 Å². The molecule has 0 unspecified atom stereocenters. The zero-order chi connectivity index (χ0) is 13.5. The highest BCUT2D eigenvalue weighted by Crippen LogP contribution is 2.10. The summed E-state index contributed by atoms with van der Waals surface area (Å²) >= 11 is 0. The fourth-order valence-electron chi connectivity index (χ4n) is 2.19. The zero-order valence-electron chi connectivity index (χ0n) is 11.7. The third-order valence-corrected chi connectivity index (χ3v) is 3.09. The molecule has 0 amide bonds. The van der Waals surface area contributed by atoms with Crippen LogP contribution in [0.25, 0.3) is 6.08 Å². The van der Waals surface area contributed by atoms with E-state index in [1.165, 1.54) is 16.7 Å². The van der Waals surface area contributed by atoms with E-state index in [2.05, 4.69) is 78.7 Å². The summed E-state index contributed by atoms with van der Waals surface area (Å²) in [6.07, 6.45) is 4.19. The second kappa shape index (κ2) is 6.91. The lowest BCUT2D eigenvalue weighted by Crippen LogP contribution is -2.17. The molecule has 0 heterocycles. The summed E-state index contributed by atoms with van der Waals surface area (Å²) in [4.78, 5) is 2.33. The molecule has 19 heavy (non-hydrogen) atoms. The average molecular weight is 251 g/mol. The fourth-order valence-corrected chi connectivity index (χ4v) is 2.19. The van der Waals surface area contributed by atoms with Crippen LogP contribution in [0.3, 0.4) is 0 Å². The highest BCUT2D eigenvalue weighted by atomic mass is 15.1. The molecule has 98 valence electrons. The summed E-state index contributed by atoms with van der Waals surface area (Å²) < 4.78 is 0. The highest BCUT2D eigenvalue weighted by Gasteiger charge is 2.01. The maximum Gasteiger partial charge on any atom is 0.0234 e. The molecule has 0 bridgehead atoms. The quantitative estimate of drug-likeness (QED) is 0.763. The molecular formula is C18H21N. The molecule has 0 fully saturated rings. The normalized spacial score (nSPS) is 11.3. The SMILES string of the molecule is CC=Cc1ccc(CN(C)Cc2ccccc2)cc1. The van der Waals surface area contributed by atoms with E-state index in [0.29, 0.717) is 0 Å². The first-order valence-electron chi connectivity index (χ1n) is 6.72. The van der Waals surface area contributed by atoms with Crippen LogP contribution in [0.4, 0.5) is 0 Å². The molecule has 0 aliphatic rings. The first-order valence-corrected chi connectivity index (χ1v) is 6.72. The largest absolute Gasteiger partial charge is 0.298 e.